The lowest BCUT2D eigenvalue weighted by atomic mass is 10.1. The van der Waals surface area contributed by atoms with E-state index in [-0.39, 0.29) is 5.92 Å². The molecule has 1 saturated heterocycles. The third-order valence-electron chi connectivity index (χ3n) is 5.13. The fourth-order valence-corrected chi connectivity index (χ4v) is 3.76. The van der Waals surface area contributed by atoms with Crippen LogP contribution in [0.1, 0.15) is 37.1 Å². The van der Waals surface area contributed by atoms with Crippen molar-refractivity contribution >= 4 is 5.97 Å². The maximum absolute atomic E-state index is 11.6. The Labute approximate surface area is 131 Å². The van der Waals surface area contributed by atoms with Crippen molar-refractivity contribution < 1.29 is 9.90 Å². The number of aromatic amines is 1. The lowest BCUT2D eigenvalue weighted by molar-refractivity contribution is -0.142. The van der Waals surface area contributed by atoms with Gasteiger partial charge in [0.05, 0.1) is 17.9 Å². The van der Waals surface area contributed by atoms with Crippen LogP contribution in [0.4, 0.5) is 0 Å². The van der Waals surface area contributed by atoms with Crippen LogP contribution in [0.25, 0.3) is 0 Å². The van der Waals surface area contributed by atoms with Crippen LogP contribution in [-0.2, 0) is 11.3 Å². The number of nitrogens with one attached hydrogen (secondary N) is 1. The largest absolute Gasteiger partial charge is 0.481 e. The molecular weight excluding hydrogens is 280 g/mol. The number of hydrogen-bond donors (Lipinski definition) is 2. The van der Waals surface area contributed by atoms with Crippen LogP contribution in [0.5, 0.6) is 0 Å². The summed E-state index contributed by atoms with van der Waals surface area (Å²) in [4.78, 5) is 23.7. The van der Waals surface area contributed by atoms with Gasteiger partial charge in [0, 0.05) is 44.5 Å². The number of aryl methyl sites for hydroxylation is 1. The molecule has 1 aliphatic heterocycles. The van der Waals surface area contributed by atoms with Gasteiger partial charge in [-0.2, -0.15) is 0 Å². The molecular formula is C16H26N4O2. The zero-order valence-corrected chi connectivity index (χ0v) is 13.3. The van der Waals surface area contributed by atoms with E-state index < -0.39 is 5.97 Å². The van der Waals surface area contributed by atoms with Crippen molar-refractivity contribution in [3.8, 4) is 0 Å². The lowest BCUT2D eigenvalue weighted by Crippen LogP contribution is -2.39. The smallest absolute Gasteiger partial charge is 0.309 e. The van der Waals surface area contributed by atoms with E-state index in [0.717, 1.165) is 31.0 Å². The van der Waals surface area contributed by atoms with Crippen molar-refractivity contribution in [3.63, 3.8) is 0 Å². The fraction of sp³-hybridized carbons (Fsp3) is 0.750. The average Bonchev–Trinajstić information content (AvgIpc) is 3.09. The molecule has 6 nitrogen and oxygen atoms in total. The van der Waals surface area contributed by atoms with Gasteiger partial charge in [0.1, 0.15) is 0 Å². The highest BCUT2D eigenvalue weighted by molar-refractivity contribution is 5.70. The van der Waals surface area contributed by atoms with E-state index >= 15 is 0 Å². The molecule has 122 valence electrons. The van der Waals surface area contributed by atoms with E-state index in [0.29, 0.717) is 19.1 Å². The molecule has 0 aromatic carbocycles. The number of imidazole rings is 1. The zero-order valence-electron chi connectivity index (χ0n) is 13.3. The van der Waals surface area contributed by atoms with Gasteiger partial charge in [0.25, 0.3) is 0 Å². The number of carbonyl (C=O) groups is 1. The van der Waals surface area contributed by atoms with Crippen molar-refractivity contribution in [2.24, 2.45) is 5.92 Å². The SMILES string of the molecule is Cc1[nH]cnc1CN1CCN(C2CCCC2)CC(C(=O)O)C1. The molecule has 1 aliphatic carbocycles. The summed E-state index contributed by atoms with van der Waals surface area (Å²) in [6, 6.07) is 0.592. The third-order valence-corrected chi connectivity index (χ3v) is 5.13. The number of hydrogen-bond acceptors (Lipinski definition) is 4. The monoisotopic (exact) mass is 306 g/mol. The topological polar surface area (TPSA) is 72.5 Å². The molecule has 0 amide bonds. The molecule has 3 rings (SSSR count). The minimum Gasteiger partial charge on any atom is -0.481 e. The molecule has 1 unspecified atom stereocenters. The number of carboxylic acids is 1. The van der Waals surface area contributed by atoms with Crippen molar-refractivity contribution in [1.29, 1.82) is 0 Å². The minimum atomic E-state index is -0.673. The van der Waals surface area contributed by atoms with Crippen LogP contribution in [0.15, 0.2) is 6.33 Å². The summed E-state index contributed by atoms with van der Waals surface area (Å²) in [6.45, 7) is 5.95. The Morgan fingerprint density at radius 2 is 2.14 bits per heavy atom. The molecule has 1 atom stereocenters. The first-order valence-electron chi connectivity index (χ1n) is 8.31. The zero-order chi connectivity index (χ0) is 15.5. The number of H-pyrrole nitrogens is 1. The molecule has 2 N–H and O–H groups in total. The van der Waals surface area contributed by atoms with Crippen molar-refractivity contribution in [2.45, 2.75) is 45.2 Å². The lowest BCUT2D eigenvalue weighted by Gasteiger charge is -2.28. The van der Waals surface area contributed by atoms with Crippen LogP contribution in [0.3, 0.4) is 0 Å². The number of rotatable bonds is 4. The number of aromatic nitrogens is 2. The number of aliphatic carboxylic acids is 1. The second-order valence-corrected chi connectivity index (χ2v) is 6.68. The Hall–Kier alpha value is -1.40. The van der Waals surface area contributed by atoms with Gasteiger partial charge in [-0.3, -0.25) is 14.6 Å². The van der Waals surface area contributed by atoms with E-state index in [1.807, 2.05) is 6.92 Å². The Morgan fingerprint density at radius 3 is 2.77 bits per heavy atom. The molecule has 0 radical (unpaired) electrons. The van der Waals surface area contributed by atoms with Crippen LogP contribution >= 0.6 is 0 Å². The summed E-state index contributed by atoms with van der Waals surface area (Å²) in [5, 5.41) is 9.55. The van der Waals surface area contributed by atoms with E-state index in [9.17, 15) is 9.90 Å². The average molecular weight is 306 g/mol. The van der Waals surface area contributed by atoms with E-state index in [1.54, 1.807) is 6.33 Å². The van der Waals surface area contributed by atoms with Gasteiger partial charge in [0.15, 0.2) is 0 Å². The standard InChI is InChI=1S/C16H26N4O2/c1-12-15(18-11-17-12)10-19-6-7-20(14-4-2-3-5-14)9-13(8-19)16(21)22/h11,13-14H,2-10H2,1H3,(H,17,18)(H,21,22). The summed E-state index contributed by atoms with van der Waals surface area (Å²) in [6.07, 6.45) is 6.74. The highest BCUT2D eigenvalue weighted by Gasteiger charge is 2.32. The molecule has 22 heavy (non-hydrogen) atoms. The Balaban J connectivity index is 1.68. The predicted octanol–water partition coefficient (Wildman–Crippen LogP) is 1.48. The quantitative estimate of drug-likeness (QED) is 0.881. The van der Waals surface area contributed by atoms with E-state index in [2.05, 4.69) is 19.8 Å². The van der Waals surface area contributed by atoms with Crippen LogP contribution < -0.4 is 0 Å². The second-order valence-electron chi connectivity index (χ2n) is 6.68. The first-order chi connectivity index (χ1) is 10.6. The minimum absolute atomic E-state index is 0.303. The van der Waals surface area contributed by atoms with Crippen LogP contribution in [0.2, 0.25) is 0 Å². The van der Waals surface area contributed by atoms with Gasteiger partial charge in [-0.25, -0.2) is 4.98 Å². The van der Waals surface area contributed by atoms with Gasteiger partial charge < -0.3 is 10.1 Å². The van der Waals surface area contributed by atoms with E-state index in [4.69, 9.17) is 0 Å². The molecule has 2 aliphatic rings. The van der Waals surface area contributed by atoms with Gasteiger partial charge in [-0.15, -0.1) is 0 Å². The van der Waals surface area contributed by atoms with Gasteiger partial charge in [-0.1, -0.05) is 12.8 Å². The number of carboxylic acid groups (broad SMARTS) is 1. The fourth-order valence-electron chi connectivity index (χ4n) is 3.76. The van der Waals surface area contributed by atoms with Crippen molar-refractivity contribution in [3.05, 3.63) is 17.7 Å². The Bertz CT molecular complexity index is 510. The van der Waals surface area contributed by atoms with Crippen molar-refractivity contribution in [1.82, 2.24) is 19.8 Å². The maximum Gasteiger partial charge on any atom is 0.309 e. The molecule has 2 heterocycles. The molecule has 1 aromatic heterocycles. The van der Waals surface area contributed by atoms with Gasteiger partial charge in [0.2, 0.25) is 0 Å². The third kappa shape index (κ3) is 3.50. The maximum atomic E-state index is 11.6. The van der Waals surface area contributed by atoms with E-state index in [1.165, 1.54) is 25.7 Å². The van der Waals surface area contributed by atoms with Gasteiger partial charge >= 0.3 is 5.97 Å². The predicted molar refractivity (Wildman–Crippen MR) is 83.6 cm³/mol. The molecule has 1 aromatic rings. The van der Waals surface area contributed by atoms with Crippen LogP contribution in [-0.4, -0.2) is 63.1 Å². The summed E-state index contributed by atoms with van der Waals surface area (Å²) in [7, 11) is 0. The molecule has 0 spiro atoms. The Kier molecular flexibility index (Phi) is 4.78. The number of nitrogens with zero attached hydrogens (tertiary/aromatic N) is 3. The molecule has 0 bridgehead atoms. The normalized spacial score (nSPS) is 25.4. The molecule has 2 fully saturated rings. The highest BCUT2D eigenvalue weighted by Crippen LogP contribution is 2.26. The molecule has 6 heteroatoms. The van der Waals surface area contributed by atoms with Crippen molar-refractivity contribution in [2.75, 3.05) is 26.2 Å². The second kappa shape index (κ2) is 6.79. The summed E-state index contributed by atoms with van der Waals surface area (Å²) >= 11 is 0. The summed E-state index contributed by atoms with van der Waals surface area (Å²) < 4.78 is 0. The Morgan fingerprint density at radius 1 is 1.36 bits per heavy atom. The summed E-state index contributed by atoms with van der Waals surface area (Å²) in [5.74, 6) is -0.976. The molecule has 1 saturated carbocycles. The van der Waals surface area contributed by atoms with Gasteiger partial charge in [-0.05, 0) is 19.8 Å². The summed E-state index contributed by atoms with van der Waals surface area (Å²) in [5.41, 5.74) is 2.10. The van der Waals surface area contributed by atoms with Crippen LogP contribution in [0, 0.1) is 12.8 Å². The highest BCUT2D eigenvalue weighted by atomic mass is 16.4. The first-order valence-corrected chi connectivity index (χ1v) is 8.31. The first kappa shape index (κ1) is 15.5.